The number of nitrogens with two attached hydrogens (primary N) is 1. The maximum atomic E-state index is 5.87. The highest BCUT2D eigenvalue weighted by Gasteiger charge is 2.21. The van der Waals surface area contributed by atoms with Gasteiger partial charge in [-0.05, 0) is 37.6 Å². The van der Waals surface area contributed by atoms with Crippen LogP contribution in [0.15, 0.2) is 22.6 Å². The fourth-order valence-corrected chi connectivity index (χ4v) is 2.64. The molecule has 1 fully saturated rings. The van der Waals surface area contributed by atoms with Gasteiger partial charge in [0.05, 0.1) is 5.69 Å². The number of nitrogens with one attached hydrogen (secondary N) is 1. The molecule has 1 aromatic heterocycles. The van der Waals surface area contributed by atoms with Crippen LogP contribution in [-0.2, 0) is 0 Å². The van der Waals surface area contributed by atoms with Gasteiger partial charge in [-0.2, -0.15) is 4.98 Å². The number of fused-ring (bicyclic) bond motifs is 1. The molecular formula is C14H20N4O. The molecule has 2 heterocycles. The summed E-state index contributed by atoms with van der Waals surface area (Å²) in [7, 11) is 0. The first-order valence-corrected chi connectivity index (χ1v) is 6.87. The molecule has 102 valence electrons. The van der Waals surface area contributed by atoms with E-state index in [9.17, 15) is 0 Å². The van der Waals surface area contributed by atoms with Crippen LogP contribution in [0.1, 0.15) is 13.3 Å². The van der Waals surface area contributed by atoms with Gasteiger partial charge in [0.25, 0.3) is 6.01 Å². The third-order valence-corrected chi connectivity index (χ3v) is 3.81. The van der Waals surface area contributed by atoms with E-state index in [-0.39, 0.29) is 0 Å². The second-order valence-corrected chi connectivity index (χ2v) is 5.14. The molecule has 0 saturated carbocycles. The highest BCUT2D eigenvalue weighted by atomic mass is 16.4. The average molecular weight is 260 g/mol. The predicted molar refractivity (Wildman–Crippen MR) is 77.1 cm³/mol. The van der Waals surface area contributed by atoms with Crippen molar-refractivity contribution in [3.05, 3.63) is 18.2 Å². The molecular weight excluding hydrogens is 240 g/mol. The number of anilines is 2. The lowest BCUT2D eigenvalue weighted by atomic mass is 10.1. The van der Waals surface area contributed by atoms with Gasteiger partial charge < -0.3 is 20.4 Å². The van der Waals surface area contributed by atoms with Gasteiger partial charge >= 0.3 is 0 Å². The molecule has 5 heteroatoms. The predicted octanol–water partition coefficient (Wildman–Crippen LogP) is 2.16. The molecule has 1 saturated heterocycles. The molecule has 0 bridgehead atoms. The van der Waals surface area contributed by atoms with Crippen molar-refractivity contribution in [3.63, 3.8) is 0 Å². The third-order valence-electron chi connectivity index (χ3n) is 3.81. The van der Waals surface area contributed by atoms with Crippen LogP contribution in [0.2, 0.25) is 0 Å². The van der Waals surface area contributed by atoms with Crippen molar-refractivity contribution >= 4 is 22.8 Å². The van der Waals surface area contributed by atoms with Gasteiger partial charge in [-0.25, -0.2) is 0 Å². The summed E-state index contributed by atoms with van der Waals surface area (Å²) in [4.78, 5) is 6.86. The minimum atomic E-state index is 0.572. The number of para-hydroxylation sites is 1. The molecule has 0 aliphatic carbocycles. The van der Waals surface area contributed by atoms with E-state index >= 15 is 0 Å². The summed E-state index contributed by atoms with van der Waals surface area (Å²) in [5.41, 5.74) is 8.01. The quantitative estimate of drug-likeness (QED) is 0.825. The Morgan fingerprint density at radius 3 is 3.16 bits per heavy atom. The average Bonchev–Trinajstić information content (AvgIpc) is 3.03. The minimum absolute atomic E-state index is 0.572. The van der Waals surface area contributed by atoms with Crippen LogP contribution >= 0.6 is 0 Å². The van der Waals surface area contributed by atoms with Crippen LogP contribution in [0.5, 0.6) is 0 Å². The van der Waals surface area contributed by atoms with Crippen LogP contribution in [-0.4, -0.2) is 36.1 Å². The lowest BCUT2D eigenvalue weighted by molar-refractivity contribution is 0.344. The first-order valence-electron chi connectivity index (χ1n) is 6.87. The van der Waals surface area contributed by atoms with E-state index in [1.54, 1.807) is 0 Å². The minimum Gasteiger partial charge on any atom is -0.423 e. The number of benzene rings is 1. The van der Waals surface area contributed by atoms with Gasteiger partial charge in [-0.15, -0.1) is 0 Å². The second-order valence-electron chi connectivity index (χ2n) is 5.14. The van der Waals surface area contributed by atoms with Crippen LogP contribution in [0.3, 0.4) is 0 Å². The number of aromatic nitrogens is 1. The number of rotatable bonds is 4. The highest BCUT2D eigenvalue weighted by molar-refractivity contribution is 5.86. The van der Waals surface area contributed by atoms with Crippen LogP contribution in [0.25, 0.3) is 11.1 Å². The zero-order valence-electron chi connectivity index (χ0n) is 11.2. The molecule has 1 atom stereocenters. The fourth-order valence-electron chi connectivity index (χ4n) is 2.64. The Morgan fingerprint density at radius 2 is 2.42 bits per heavy atom. The first-order chi connectivity index (χ1) is 9.26. The summed E-state index contributed by atoms with van der Waals surface area (Å²) in [5.74, 6) is 0.673. The molecule has 0 radical (unpaired) electrons. The molecule has 19 heavy (non-hydrogen) atoms. The Hall–Kier alpha value is -1.75. The summed E-state index contributed by atoms with van der Waals surface area (Å²) < 4.78 is 5.65. The van der Waals surface area contributed by atoms with Crippen molar-refractivity contribution in [1.82, 2.24) is 9.88 Å². The summed E-state index contributed by atoms with van der Waals surface area (Å²) in [6, 6.07) is 6.17. The number of hydrogen-bond donors (Lipinski definition) is 2. The van der Waals surface area contributed by atoms with Gasteiger partial charge in [0, 0.05) is 13.1 Å². The van der Waals surface area contributed by atoms with E-state index in [4.69, 9.17) is 10.2 Å². The SMILES string of the molecule is CCN1CCC(CNc2nc3c(N)cccc3o2)C1. The highest BCUT2D eigenvalue weighted by Crippen LogP contribution is 2.24. The normalized spacial score (nSPS) is 20.2. The van der Waals surface area contributed by atoms with Crippen molar-refractivity contribution in [2.75, 3.05) is 37.2 Å². The van der Waals surface area contributed by atoms with Crippen molar-refractivity contribution in [2.24, 2.45) is 5.92 Å². The molecule has 1 unspecified atom stereocenters. The van der Waals surface area contributed by atoms with Gasteiger partial charge in [-0.3, -0.25) is 0 Å². The number of nitrogen functional groups attached to an aromatic ring is 1. The lowest BCUT2D eigenvalue weighted by Crippen LogP contribution is -2.22. The maximum absolute atomic E-state index is 5.87. The van der Waals surface area contributed by atoms with E-state index in [1.165, 1.54) is 13.0 Å². The Morgan fingerprint density at radius 1 is 1.53 bits per heavy atom. The molecule has 0 spiro atoms. The molecule has 5 nitrogen and oxygen atoms in total. The second kappa shape index (κ2) is 5.09. The maximum Gasteiger partial charge on any atom is 0.295 e. The largest absolute Gasteiger partial charge is 0.423 e. The standard InChI is InChI=1S/C14H20N4O/c1-2-18-7-6-10(9-18)8-16-14-17-13-11(15)4-3-5-12(13)19-14/h3-5,10H,2,6-9,15H2,1H3,(H,16,17). The van der Waals surface area contributed by atoms with E-state index in [0.717, 1.165) is 30.7 Å². The van der Waals surface area contributed by atoms with Crippen LogP contribution < -0.4 is 11.1 Å². The van der Waals surface area contributed by atoms with Crippen LogP contribution in [0, 0.1) is 5.92 Å². The zero-order valence-corrected chi connectivity index (χ0v) is 11.2. The van der Waals surface area contributed by atoms with Crippen LogP contribution in [0.4, 0.5) is 11.7 Å². The van der Waals surface area contributed by atoms with E-state index in [2.05, 4.69) is 22.1 Å². The topological polar surface area (TPSA) is 67.3 Å². The first kappa shape index (κ1) is 12.3. The van der Waals surface area contributed by atoms with Gasteiger partial charge in [0.1, 0.15) is 5.52 Å². The Labute approximate surface area is 112 Å². The van der Waals surface area contributed by atoms with Crippen molar-refractivity contribution in [2.45, 2.75) is 13.3 Å². The molecule has 1 aromatic carbocycles. The third kappa shape index (κ3) is 2.51. The van der Waals surface area contributed by atoms with Gasteiger partial charge in [0.2, 0.25) is 0 Å². The number of oxazole rings is 1. The number of nitrogens with zero attached hydrogens (tertiary/aromatic N) is 2. The van der Waals surface area contributed by atoms with E-state index in [1.807, 2.05) is 18.2 Å². The summed E-state index contributed by atoms with van der Waals surface area (Å²) in [6.07, 6.45) is 1.24. The lowest BCUT2D eigenvalue weighted by Gasteiger charge is -2.12. The van der Waals surface area contributed by atoms with Crippen molar-refractivity contribution < 1.29 is 4.42 Å². The summed E-state index contributed by atoms with van der Waals surface area (Å²) >= 11 is 0. The Balaban J connectivity index is 1.64. The molecule has 1 aliphatic heterocycles. The monoisotopic (exact) mass is 260 g/mol. The van der Waals surface area contributed by atoms with E-state index < -0.39 is 0 Å². The van der Waals surface area contributed by atoms with Gasteiger partial charge in [-0.1, -0.05) is 13.0 Å². The molecule has 3 N–H and O–H groups in total. The van der Waals surface area contributed by atoms with Crippen molar-refractivity contribution in [1.29, 1.82) is 0 Å². The fraction of sp³-hybridized carbons (Fsp3) is 0.500. The van der Waals surface area contributed by atoms with Crippen molar-refractivity contribution in [3.8, 4) is 0 Å². The smallest absolute Gasteiger partial charge is 0.295 e. The molecule has 0 amide bonds. The zero-order chi connectivity index (χ0) is 13.2. The Bertz CT molecular complexity index is 566. The van der Waals surface area contributed by atoms with Gasteiger partial charge in [0.15, 0.2) is 5.58 Å². The molecule has 2 aromatic rings. The van der Waals surface area contributed by atoms with E-state index in [0.29, 0.717) is 17.6 Å². The summed E-state index contributed by atoms with van der Waals surface area (Å²) in [5, 5.41) is 3.29. The summed E-state index contributed by atoms with van der Waals surface area (Å²) in [6.45, 7) is 6.60. The number of hydrogen-bond acceptors (Lipinski definition) is 5. The number of likely N-dealkylation sites (tertiary alicyclic amines) is 1. The Kier molecular flexibility index (Phi) is 3.29. The molecule has 1 aliphatic rings. The molecule has 3 rings (SSSR count).